The van der Waals surface area contributed by atoms with Crippen LogP contribution in [0, 0.1) is 0 Å². The lowest BCUT2D eigenvalue weighted by molar-refractivity contribution is -0.141. The van der Waals surface area contributed by atoms with E-state index in [0.717, 1.165) is 5.56 Å². The fourth-order valence-electron chi connectivity index (χ4n) is 2.46. The molecule has 1 aliphatic heterocycles. The lowest BCUT2D eigenvalue weighted by Crippen LogP contribution is -2.13. The van der Waals surface area contributed by atoms with Crippen LogP contribution in [0.15, 0.2) is 52.3 Å². The molecule has 1 heterocycles. The summed E-state index contributed by atoms with van der Waals surface area (Å²) in [6.07, 6.45) is 0. The first-order valence-corrected chi connectivity index (χ1v) is 8.67. The van der Waals surface area contributed by atoms with E-state index in [9.17, 15) is 13.2 Å². The molecule has 2 aromatic carbocycles. The molecular formula is C17H16O5S. The fourth-order valence-corrected chi connectivity index (χ4v) is 3.99. The molecule has 6 heteroatoms. The maximum atomic E-state index is 12.8. The first-order valence-electron chi connectivity index (χ1n) is 7.19. The Morgan fingerprint density at radius 1 is 1.13 bits per heavy atom. The van der Waals surface area contributed by atoms with Crippen molar-refractivity contribution in [2.45, 2.75) is 29.6 Å². The number of hydrogen-bond acceptors (Lipinski definition) is 5. The van der Waals surface area contributed by atoms with Crippen molar-refractivity contribution in [1.29, 1.82) is 0 Å². The maximum Gasteiger partial charge on any atom is 0.302 e. The summed E-state index contributed by atoms with van der Waals surface area (Å²) in [6, 6.07) is 11.6. The van der Waals surface area contributed by atoms with E-state index in [1.807, 2.05) is 6.92 Å². The van der Waals surface area contributed by atoms with Gasteiger partial charge in [0.1, 0.15) is 21.3 Å². The highest BCUT2D eigenvalue weighted by atomic mass is 32.2. The van der Waals surface area contributed by atoms with Gasteiger partial charge in [-0.05, 0) is 29.8 Å². The SMILES string of the molecule is CC(=O)OCC(C)c1ccc2c(c1)S(=O)(=O)c1ccccc1O2. The summed E-state index contributed by atoms with van der Waals surface area (Å²) in [6.45, 7) is 3.41. The number of ether oxygens (including phenoxy) is 2. The van der Waals surface area contributed by atoms with Crippen LogP contribution in [0.25, 0.3) is 0 Å². The van der Waals surface area contributed by atoms with Crippen molar-refractivity contribution in [3.05, 3.63) is 48.0 Å². The zero-order chi connectivity index (χ0) is 16.6. The number of hydrogen-bond donors (Lipinski definition) is 0. The van der Waals surface area contributed by atoms with E-state index in [0.29, 0.717) is 11.5 Å². The third-order valence-corrected chi connectivity index (χ3v) is 5.54. The molecule has 0 spiro atoms. The van der Waals surface area contributed by atoms with E-state index in [1.54, 1.807) is 36.4 Å². The Morgan fingerprint density at radius 3 is 2.57 bits per heavy atom. The molecule has 0 bridgehead atoms. The average Bonchev–Trinajstić information content (AvgIpc) is 2.52. The van der Waals surface area contributed by atoms with Crippen LogP contribution in [-0.4, -0.2) is 21.0 Å². The van der Waals surface area contributed by atoms with Crippen LogP contribution >= 0.6 is 0 Å². The molecule has 0 aliphatic carbocycles. The smallest absolute Gasteiger partial charge is 0.302 e. The molecule has 1 unspecified atom stereocenters. The van der Waals surface area contributed by atoms with Gasteiger partial charge in [0.15, 0.2) is 0 Å². The Balaban J connectivity index is 2.00. The van der Waals surface area contributed by atoms with Crippen molar-refractivity contribution in [2.75, 3.05) is 6.61 Å². The summed E-state index contributed by atoms with van der Waals surface area (Å²) >= 11 is 0. The minimum atomic E-state index is -3.62. The van der Waals surface area contributed by atoms with E-state index < -0.39 is 9.84 Å². The van der Waals surface area contributed by atoms with Crippen LogP contribution in [-0.2, 0) is 19.4 Å². The number of benzene rings is 2. The van der Waals surface area contributed by atoms with Gasteiger partial charge in [0.2, 0.25) is 9.84 Å². The lowest BCUT2D eigenvalue weighted by Gasteiger charge is -2.22. The predicted molar refractivity (Wildman–Crippen MR) is 83.5 cm³/mol. The standard InChI is InChI=1S/C17H16O5S/c1-11(10-21-12(2)18)13-7-8-15-17(9-13)23(19,20)16-6-4-3-5-14(16)22-15/h3-9,11H,10H2,1-2H3. The highest BCUT2D eigenvalue weighted by Crippen LogP contribution is 2.43. The van der Waals surface area contributed by atoms with Crippen LogP contribution in [0.5, 0.6) is 11.5 Å². The molecule has 1 atom stereocenters. The second kappa shape index (κ2) is 5.70. The molecule has 0 amide bonds. The molecule has 0 fully saturated rings. The van der Waals surface area contributed by atoms with Crippen molar-refractivity contribution < 1.29 is 22.7 Å². The van der Waals surface area contributed by atoms with Gasteiger partial charge in [-0.2, -0.15) is 0 Å². The second-order valence-electron chi connectivity index (χ2n) is 5.46. The Kier molecular flexibility index (Phi) is 3.85. The fraction of sp³-hybridized carbons (Fsp3) is 0.235. The van der Waals surface area contributed by atoms with E-state index in [-0.39, 0.29) is 28.3 Å². The summed E-state index contributed by atoms with van der Waals surface area (Å²) in [4.78, 5) is 11.2. The normalized spacial score (nSPS) is 15.7. The van der Waals surface area contributed by atoms with Crippen LogP contribution in [0.3, 0.4) is 0 Å². The van der Waals surface area contributed by atoms with Gasteiger partial charge >= 0.3 is 5.97 Å². The van der Waals surface area contributed by atoms with Crippen molar-refractivity contribution in [3.8, 4) is 11.5 Å². The Hall–Kier alpha value is -2.34. The van der Waals surface area contributed by atoms with E-state index in [1.165, 1.54) is 13.0 Å². The molecule has 0 N–H and O–H groups in total. The van der Waals surface area contributed by atoms with Crippen molar-refractivity contribution >= 4 is 15.8 Å². The third kappa shape index (κ3) is 2.82. The van der Waals surface area contributed by atoms with Gasteiger partial charge in [0.25, 0.3) is 0 Å². The monoisotopic (exact) mass is 332 g/mol. The number of carbonyl (C=O) groups excluding carboxylic acids is 1. The van der Waals surface area contributed by atoms with Gasteiger partial charge in [-0.15, -0.1) is 0 Å². The zero-order valence-electron chi connectivity index (χ0n) is 12.8. The highest BCUT2D eigenvalue weighted by Gasteiger charge is 2.31. The van der Waals surface area contributed by atoms with Gasteiger partial charge in [0, 0.05) is 12.8 Å². The van der Waals surface area contributed by atoms with Crippen LogP contribution in [0.1, 0.15) is 25.3 Å². The molecule has 2 aromatic rings. The van der Waals surface area contributed by atoms with Crippen LogP contribution < -0.4 is 4.74 Å². The van der Waals surface area contributed by atoms with Crippen molar-refractivity contribution in [3.63, 3.8) is 0 Å². The molecule has 0 aromatic heterocycles. The van der Waals surface area contributed by atoms with Crippen molar-refractivity contribution in [2.24, 2.45) is 0 Å². The third-order valence-electron chi connectivity index (χ3n) is 3.72. The van der Waals surface area contributed by atoms with Gasteiger partial charge in [-0.3, -0.25) is 4.79 Å². The summed E-state index contributed by atoms with van der Waals surface area (Å²) in [5.41, 5.74) is 0.775. The number of fused-ring (bicyclic) bond motifs is 2. The molecule has 5 nitrogen and oxygen atoms in total. The number of carbonyl (C=O) groups is 1. The topological polar surface area (TPSA) is 69.7 Å². The Bertz CT molecular complexity index is 870. The molecule has 3 rings (SSSR count). The van der Waals surface area contributed by atoms with Crippen molar-refractivity contribution in [1.82, 2.24) is 0 Å². The number of para-hydroxylation sites is 1. The predicted octanol–water partition coefficient (Wildman–Crippen LogP) is 3.29. The number of rotatable bonds is 3. The summed E-state index contributed by atoms with van der Waals surface area (Å²) < 4.78 is 36.2. The zero-order valence-corrected chi connectivity index (χ0v) is 13.6. The minimum absolute atomic E-state index is 0.114. The van der Waals surface area contributed by atoms with Gasteiger partial charge in [0.05, 0.1) is 6.61 Å². The molecule has 1 aliphatic rings. The highest BCUT2D eigenvalue weighted by molar-refractivity contribution is 7.91. The summed E-state index contributed by atoms with van der Waals surface area (Å²) in [5.74, 6) is 0.170. The van der Waals surface area contributed by atoms with E-state index in [2.05, 4.69) is 0 Å². The Labute approximate surface area is 134 Å². The Morgan fingerprint density at radius 2 is 1.83 bits per heavy atom. The van der Waals surface area contributed by atoms with E-state index in [4.69, 9.17) is 9.47 Å². The molecule has 0 saturated carbocycles. The number of esters is 1. The number of sulfone groups is 1. The van der Waals surface area contributed by atoms with Gasteiger partial charge in [-0.25, -0.2) is 8.42 Å². The first-order chi connectivity index (χ1) is 10.9. The van der Waals surface area contributed by atoms with Gasteiger partial charge in [-0.1, -0.05) is 25.1 Å². The molecule has 0 radical (unpaired) electrons. The summed E-state index contributed by atoms with van der Waals surface area (Å²) in [5, 5.41) is 0. The van der Waals surface area contributed by atoms with Gasteiger partial charge < -0.3 is 9.47 Å². The maximum absolute atomic E-state index is 12.8. The molecule has 0 saturated heterocycles. The van der Waals surface area contributed by atoms with Crippen LogP contribution in [0.4, 0.5) is 0 Å². The minimum Gasteiger partial charge on any atom is -0.465 e. The molecular weight excluding hydrogens is 316 g/mol. The second-order valence-corrected chi connectivity index (χ2v) is 7.35. The molecule has 23 heavy (non-hydrogen) atoms. The largest absolute Gasteiger partial charge is 0.465 e. The lowest BCUT2D eigenvalue weighted by atomic mass is 10.0. The average molecular weight is 332 g/mol. The first kappa shape index (κ1) is 15.6. The van der Waals surface area contributed by atoms with E-state index >= 15 is 0 Å². The summed E-state index contributed by atoms with van der Waals surface area (Å²) in [7, 11) is -3.62. The molecule has 120 valence electrons. The van der Waals surface area contributed by atoms with Crippen LogP contribution in [0.2, 0.25) is 0 Å². The quantitative estimate of drug-likeness (QED) is 0.688.